The molecule has 3 heterocycles. The number of nitrogens with one attached hydrogen (secondary N) is 3. The molecule has 0 spiro atoms. The van der Waals surface area contributed by atoms with E-state index in [-0.39, 0.29) is 11.3 Å². The molecule has 0 radical (unpaired) electrons. The molecule has 8 nitrogen and oxygen atoms in total. The lowest BCUT2D eigenvalue weighted by Crippen LogP contribution is -2.50. The van der Waals surface area contributed by atoms with Crippen molar-refractivity contribution in [1.82, 2.24) is 19.9 Å². The predicted molar refractivity (Wildman–Crippen MR) is 123 cm³/mol. The van der Waals surface area contributed by atoms with Crippen molar-refractivity contribution in [2.24, 2.45) is 5.41 Å². The van der Waals surface area contributed by atoms with Gasteiger partial charge in [-0.15, -0.1) is 0 Å². The van der Waals surface area contributed by atoms with Gasteiger partial charge < -0.3 is 16.0 Å². The zero-order valence-corrected chi connectivity index (χ0v) is 18.9. The van der Waals surface area contributed by atoms with Crippen molar-refractivity contribution in [2.45, 2.75) is 33.1 Å². The molecule has 1 aliphatic heterocycles. The van der Waals surface area contributed by atoms with Crippen LogP contribution in [0.1, 0.15) is 33.3 Å². The van der Waals surface area contributed by atoms with E-state index < -0.39 is 5.41 Å². The predicted octanol–water partition coefficient (Wildman–Crippen LogP) is 5.32. The number of hydrogen-bond donors (Lipinski definition) is 3. The smallest absolute Gasteiger partial charge is 0.233 e. The highest BCUT2D eigenvalue weighted by molar-refractivity contribution is 6.42. The van der Waals surface area contributed by atoms with Crippen LogP contribution >= 0.6 is 23.2 Å². The van der Waals surface area contributed by atoms with Gasteiger partial charge in [-0.2, -0.15) is 4.98 Å². The first-order valence-electron chi connectivity index (χ1n) is 9.59. The summed E-state index contributed by atoms with van der Waals surface area (Å²) < 4.78 is 0. The fourth-order valence-electron chi connectivity index (χ4n) is 3.25. The lowest BCUT2D eigenvalue weighted by molar-refractivity contribution is -0.127. The van der Waals surface area contributed by atoms with Gasteiger partial charge in [0.05, 0.1) is 15.5 Å². The monoisotopic (exact) mass is 457 g/mol. The second-order valence-corrected chi connectivity index (χ2v) is 9.12. The molecule has 0 aliphatic carbocycles. The molecule has 0 fully saturated rings. The summed E-state index contributed by atoms with van der Waals surface area (Å²) in [6, 6.07) is 8.92. The Morgan fingerprint density at radius 2 is 1.58 bits per heavy atom. The number of fused-ring (bicyclic) bond motifs is 1. The molecule has 160 valence electrons. The lowest BCUT2D eigenvalue weighted by atomic mass is 9.62. The molecule has 2 aromatic heterocycles. The summed E-state index contributed by atoms with van der Waals surface area (Å²) in [5, 5.41) is 9.89. The van der Waals surface area contributed by atoms with Crippen LogP contribution in [-0.2, 0) is 10.2 Å². The maximum atomic E-state index is 12.6. The largest absolute Gasteiger partial charge is 0.324 e. The number of aromatic nitrogens is 4. The highest BCUT2D eigenvalue weighted by Crippen LogP contribution is 2.48. The first kappa shape index (κ1) is 21.3. The topological polar surface area (TPSA) is 105 Å². The van der Waals surface area contributed by atoms with Crippen LogP contribution in [-0.4, -0.2) is 25.8 Å². The quantitative estimate of drug-likeness (QED) is 0.486. The highest BCUT2D eigenvalue weighted by Gasteiger charge is 2.49. The van der Waals surface area contributed by atoms with Crippen LogP contribution in [0.2, 0.25) is 10.0 Å². The Balaban J connectivity index is 1.57. The average Bonchev–Trinajstić information content (AvgIpc) is 2.70. The maximum Gasteiger partial charge on any atom is 0.233 e. The molecule has 0 saturated heterocycles. The summed E-state index contributed by atoms with van der Waals surface area (Å²) >= 11 is 12.0. The first-order chi connectivity index (χ1) is 14.6. The fourth-order valence-corrected chi connectivity index (χ4v) is 3.55. The van der Waals surface area contributed by atoms with Crippen LogP contribution in [0.5, 0.6) is 0 Å². The Kier molecular flexibility index (Phi) is 5.23. The number of nitrogens with zero attached hydrogens (tertiary/aromatic N) is 4. The van der Waals surface area contributed by atoms with Crippen LogP contribution in [0.3, 0.4) is 0 Å². The number of benzene rings is 1. The van der Waals surface area contributed by atoms with Crippen molar-refractivity contribution in [3.8, 4) is 0 Å². The van der Waals surface area contributed by atoms with E-state index in [1.54, 1.807) is 18.2 Å². The minimum atomic E-state index is -0.560. The number of anilines is 5. The van der Waals surface area contributed by atoms with Gasteiger partial charge in [0.2, 0.25) is 17.8 Å². The van der Waals surface area contributed by atoms with E-state index in [0.29, 0.717) is 39.3 Å². The third-order valence-corrected chi connectivity index (χ3v) is 6.66. The molecule has 4 rings (SSSR count). The minimum absolute atomic E-state index is 0.0667. The van der Waals surface area contributed by atoms with Gasteiger partial charge in [0.25, 0.3) is 0 Å². The highest BCUT2D eigenvalue weighted by atomic mass is 35.5. The molecule has 10 heteroatoms. The van der Waals surface area contributed by atoms with Crippen molar-refractivity contribution >= 4 is 58.3 Å². The maximum absolute atomic E-state index is 12.6. The number of hydrogen-bond acceptors (Lipinski definition) is 7. The zero-order valence-electron chi connectivity index (χ0n) is 17.4. The molecule has 3 aromatic rings. The standard InChI is InChI=1S/C21H21Cl2N7O/c1-20(2)12-6-8-15(27-16(12)29-17(31)21(20,3)4)28-19-25-10-24-18(30-19)26-11-5-7-13(22)14(23)9-11/h5-10H,1-4H3,(H3,24,25,26,27,28,29,30,31). The van der Waals surface area contributed by atoms with E-state index in [2.05, 4.69) is 35.9 Å². The number of carbonyl (C=O) groups is 1. The summed E-state index contributed by atoms with van der Waals surface area (Å²) in [6.07, 6.45) is 1.38. The number of carbonyl (C=O) groups excluding carboxylic acids is 1. The summed E-state index contributed by atoms with van der Waals surface area (Å²) in [4.78, 5) is 29.8. The number of rotatable bonds is 4. The summed E-state index contributed by atoms with van der Waals surface area (Å²) in [5.74, 6) is 1.59. The van der Waals surface area contributed by atoms with Crippen molar-refractivity contribution in [1.29, 1.82) is 0 Å². The average molecular weight is 458 g/mol. The Labute approximate surface area is 189 Å². The normalized spacial score (nSPS) is 16.3. The first-order valence-corrected chi connectivity index (χ1v) is 10.3. The molecule has 3 N–H and O–H groups in total. The molecule has 0 saturated carbocycles. The van der Waals surface area contributed by atoms with Crippen molar-refractivity contribution < 1.29 is 4.79 Å². The molecule has 1 aliphatic rings. The molecule has 0 unspecified atom stereocenters. The van der Waals surface area contributed by atoms with E-state index in [1.165, 1.54) is 6.33 Å². The van der Waals surface area contributed by atoms with E-state index in [4.69, 9.17) is 23.2 Å². The molecular formula is C21H21Cl2N7O. The van der Waals surface area contributed by atoms with Crippen molar-refractivity contribution in [2.75, 3.05) is 16.0 Å². The van der Waals surface area contributed by atoms with Crippen LogP contribution < -0.4 is 16.0 Å². The Morgan fingerprint density at radius 3 is 2.29 bits per heavy atom. The molecule has 1 aromatic carbocycles. The van der Waals surface area contributed by atoms with Gasteiger partial charge in [0.1, 0.15) is 18.0 Å². The van der Waals surface area contributed by atoms with Crippen LogP contribution in [0.25, 0.3) is 0 Å². The van der Waals surface area contributed by atoms with Gasteiger partial charge >= 0.3 is 0 Å². The third-order valence-electron chi connectivity index (χ3n) is 5.92. The Morgan fingerprint density at radius 1 is 0.871 bits per heavy atom. The SMILES string of the molecule is CC1(C)C(=O)Nc2nc(Nc3ncnc(Nc4ccc(Cl)c(Cl)c4)n3)ccc2C1(C)C. The summed E-state index contributed by atoms with van der Waals surface area (Å²) in [7, 11) is 0. The van der Waals surface area contributed by atoms with Gasteiger partial charge in [0, 0.05) is 16.7 Å². The molecular weight excluding hydrogens is 437 g/mol. The number of halogens is 2. The zero-order chi connectivity index (χ0) is 22.4. The van der Waals surface area contributed by atoms with E-state index in [1.807, 2.05) is 39.8 Å². The molecule has 31 heavy (non-hydrogen) atoms. The minimum Gasteiger partial charge on any atom is -0.324 e. The second-order valence-electron chi connectivity index (χ2n) is 8.31. The summed E-state index contributed by atoms with van der Waals surface area (Å²) in [6.45, 7) is 7.97. The Bertz CT molecular complexity index is 1180. The van der Waals surface area contributed by atoms with Gasteiger partial charge in [-0.3, -0.25) is 4.79 Å². The van der Waals surface area contributed by atoms with Crippen molar-refractivity contribution in [3.63, 3.8) is 0 Å². The number of pyridine rings is 1. The van der Waals surface area contributed by atoms with Crippen LogP contribution in [0.4, 0.5) is 29.2 Å². The molecule has 0 bridgehead atoms. The molecule has 0 atom stereocenters. The van der Waals surface area contributed by atoms with E-state index >= 15 is 0 Å². The third kappa shape index (κ3) is 3.88. The molecule has 1 amide bonds. The van der Waals surface area contributed by atoms with Gasteiger partial charge in [-0.25, -0.2) is 15.0 Å². The van der Waals surface area contributed by atoms with E-state index in [9.17, 15) is 4.79 Å². The van der Waals surface area contributed by atoms with Crippen LogP contribution in [0, 0.1) is 5.41 Å². The van der Waals surface area contributed by atoms with E-state index in [0.717, 1.165) is 5.56 Å². The lowest BCUT2D eigenvalue weighted by Gasteiger charge is -2.44. The Hall–Kier alpha value is -2.97. The van der Waals surface area contributed by atoms with Gasteiger partial charge in [-0.1, -0.05) is 57.0 Å². The fraction of sp³-hybridized carbons (Fsp3) is 0.286. The summed E-state index contributed by atoms with van der Waals surface area (Å²) in [5.41, 5.74) is 0.724. The van der Waals surface area contributed by atoms with Gasteiger partial charge in [-0.05, 0) is 24.3 Å². The van der Waals surface area contributed by atoms with Gasteiger partial charge in [0.15, 0.2) is 0 Å². The van der Waals surface area contributed by atoms with Crippen molar-refractivity contribution in [3.05, 3.63) is 52.3 Å². The number of amides is 1. The second kappa shape index (κ2) is 7.62. The van der Waals surface area contributed by atoms with Crippen LogP contribution in [0.15, 0.2) is 36.7 Å².